The number of ketones is 1. The Hall–Kier alpha value is -0.450. The van der Waals surface area contributed by atoms with Gasteiger partial charge in [-0.15, -0.1) is 0 Å². The Balaban J connectivity index is 1.92. The molecule has 0 amide bonds. The zero-order chi connectivity index (χ0) is 13.3. The zero-order valence-corrected chi connectivity index (χ0v) is 11.7. The summed E-state index contributed by atoms with van der Waals surface area (Å²) in [7, 11) is 0. The van der Waals surface area contributed by atoms with Crippen molar-refractivity contribution in [2.24, 2.45) is 11.3 Å². The van der Waals surface area contributed by atoms with Gasteiger partial charge in [-0.2, -0.15) is 0 Å². The van der Waals surface area contributed by atoms with Gasteiger partial charge >= 0.3 is 0 Å². The van der Waals surface area contributed by atoms with Crippen LogP contribution < -0.4 is 0 Å². The van der Waals surface area contributed by atoms with E-state index in [1.54, 1.807) is 0 Å². The molecule has 1 N–H and O–H groups in total. The minimum atomic E-state index is -0.140. The van der Waals surface area contributed by atoms with Crippen LogP contribution in [0.2, 0.25) is 0 Å². The molecule has 2 aliphatic rings. The first-order valence-electron chi connectivity index (χ1n) is 6.95. The van der Waals surface area contributed by atoms with E-state index < -0.39 is 0 Å². The smallest absolute Gasteiger partial charge is 0.142 e. The fourth-order valence-corrected chi connectivity index (χ4v) is 3.22. The standard InChI is InChI=1S/C14H25NO3/c1-10-6-15(8-12(9-16)18-10)7-11-4-5-14(2,3)13(11)17/h10-12,16H,4-9H2,1-3H3. The molecule has 0 aromatic rings. The van der Waals surface area contributed by atoms with Gasteiger partial charge in [-0.3, -0.25) is 9.69 Å². The molecule has 1 saturated heterocycles. The summed E-state index contributed by atoms with van der Waals surface area (Å²) >= 11 is 0. The van der Waals surface area contributed by atoms with Crippen molar-refractivity contribution in [2.45, 2.75) is 45.8 Å². The lowest BCUT2D eigenvalue weighted by Gasteiger charge is -2.37. The number of nitrogens with zero attached hydrogens (tertiary/aromatic N) is 1. The minimum Gasteiger partial charge on any atom is -0.394 e. The number of ether oxygens (including phenoxy) is 1. The third-order valence-corrected chi connectivity index (χ3v) is 4.24. The lowest BCUT2D eigenvalue weighted by atomic mass is 9.89. The summed E-state index contributed by atoms with van der Waals surface area (Å²) in [5, 5.41) is 9.20. The van der Waals surface area contributed by atoms with Crippen LogP contribution in [0.1, 0.15) is 33.6 Å². The molecule has 0 aromatic carbocycles. The van der Waals surface area contributed by atoms with E-state index in [2.05, 4.69) is 4.90 Å². The number of hydrogen-bond acceptors (Lipinski definition) is 4. The highest BCUT2D eigenvalue weighted by molar-refractivity contribution is 5.88. The van der Waals surface area contributed by atoms with Gasteiger partial charge in [-0.25, -0.2) is 0 Å². The number of Topliss-reactive ketones (excluding diaryl/α,β-unsaturated/α-hetero) is 1. The molecule has 0 radical (unpaired) electrons. The van der Waals surface area contributed by atoms with E-state index in [1.165, 1.54) is 0 Å². The van der Waals surface area contributed by atoms with Crippen LogP contribution in [-0.4, -0.2) is 54.2 Å². The van der Waals surface area contributed by atoms with Gasteiger partial charge in [0.1, 0.15) is 5.78 Å². The van der Waals surface area contributed by atoms with Crippen LogP contribution in [0.25, 0.3) is 0 Å². The summed E-state index contributed by atoms with van der Waals surface area (Å²) in [6.07, 6.45) is 2.04. The molecule has 4 heteroatoms. The molecule has 2 rings (SSSR count). The third kappa shape index (κ3) is 2.92. The third-order valence-electron chi connectivity index (χ3n) is 4.24. The van der Waals surface area contributed by atoms with Crippen molar-refractivity contribution >= 4 is 5.78 Å². The van der Waals surface area contributed by atoms with E-state index in [0.29, 0.717) is 5.78 Å². The molecule has 3 unspecified atom stereocenters. The molecule has 18 heavy (non-hydrogen) atoms. The second kappa shape index (κ2) is 5.27. The van der Waals surface area contributed by atoms with Gasteiger partial charge in [0.2, 0.25) is 0 Å². The lowest BCUT2D eigenvalue weighted by molar-refractivity contribution is -0.130. The topological polar surface area (TPSA) is 49.8 Å². The summed E-state index contributed by atoms with van der Waals surface area (Å²) in [5.41, 5.74) is -0.140. The highest BCUT2D eigenvalue weighted by Gasteiger charge is 2.41. The van der Waals surface area contributed by atoms with Crippen molar-refractivity contribution in [1.82, 2.24) is 4.90 Å². The maximum Gasteiger partial charge on any atom is 0.142 e. The number of hydrogen-bond donors (Lipinski definition) is 1. The first-order chi connectivity index (χ1) is 8.42. The predicted octanol–water partition coefficient (Wildman–Crippen LogP) is 1.07. The number of aliphatic hydroxyl groups is 1. The van der Waals surface area contributed by atoms with E-state index in [4.69, 9.17) is 4.74 Å². The van der Waals surface area contributed by atoms with Gasteiger partial charge in [0.15, 0.2) is 0 Å². The summed E-state index contributed by atoms with van der Waals surface area (Å²) < 4.78 is 5.62. The largest absolute Gasteiger partial charge is 0.394 e. The van der Waals surface area contributed by atoms with Gasteiger partial charge in [-0.05, 0) is 19.8 Å². The van der Waals surface area contributed by atoms with Crippen LogP contribution in [-0.2, 0) is 9.53 Å². The van der Waals surface area contributed by atoms with Gasteiger partial charge in [0.05, 0.1) is 18.8 Å². The van der Waals surface area contributed by atoms with E-state index in [9.17, 15) is 9.90 Å². The molecule has 0 aromatic heterocycles. The first kappa shape index (κ1) is 14.0. The van der Waals surface area contributed by atoms with Gasteiger partial charge in [0, 0.05) is 31.0 Å². The van der Waals surface area contributed by atoms with E-state index in [0.717, 1.165) is 32.5 Å². The van der Waals surface area contributed by atoms with Crippen LogP contribution in [0.3, 0.4) is 0 Å². The molecule has 0 bridgehead atoms. The number of carbonyl (C=O) groups is 1. The molecule has 3 atom stereocenters. The molecule has 1 heterocycles. The Morgan fingerprint density at radius 2 is 2.17 bits per heavy atom. The second-order valence-electron chi connectivity index (χ2n) is 6.45. The van der Waals surface area contributed by atoms with Crippen molar-refractivity contribution in [2.75, 3.05) is 26.2 Å². The van der Waals surface area contributed by atoms with Gasteiger partial charge < -0.3 is 9.84 Å². The molecular weight excluding hydrogens is 230 g/mol. The number of carbonyl (C=O) groups excluding carboxylic acids is 1. The molecule has 4 nitrogen and oxygen atoms in total. The summed E-state index contributed by atoms with van der Waals surface area (Å²) in [6, 6.07) is 0. The van der Waals surface area contributed by atoms with Crippen molar-refractivity contribution in [3.8, 4) is 0 Å². The molecule has 1 aliphatic heterocycles. The zero-order valence-electron chi connectivity index (χ0n) is 11.7. The van der Waals surface area contributed by atoms with Gasteiger partial charge in [0.25, 0.3) is 0 Å². The number of morpholine rings is 1. The highest BCUT2D eigenvalue weighted by atomic mass is 16.5. The molecule has 0 spiro atoms. The van der Waals surface area contributed by atoms with Crippen LogP contribution in [0.15, 0.2) is 0 Å². The first-order valence-corrected chi connectivity index (χ1v) is 6.95. The van der Waals surface area contributed by atoms with Crippen molar-refractivity contribution in [3.05, 3.63) is 0 Å². The Kier molecular flexibility index (Phi) is 4.09. The van der Waals surface area contributed by atoms with Crippen molar-refractivity contribution in [1.29, 1.82) is 0 Å². The van der Waals surface area contributed by atoms with Crippen LogP contribution in [0.5, 0.6) is 0 Å². The molecule has 1 aliphatic carbocycles. The Labute approximate surface area is 109 Å². The second-order valence-corrected chi connectivity index (χ2v) is 6.45. The maximum absolute atomic E-state index is 12.2. The summed E-state index contributed by atoms with van der Waals surface area (Å²) in [6.45, 7) is 8.61. The number of rotatable bonds is 3. The van der Waals surface area contributed by atoms with Crippen LogP contribution in [0.4, 0.5) is 0 Å². The minimum absolute atomic E-state index is 0.0605. The molecule has 1 saturated carbocycles. The fourth-order valence-electron chi connectivity index (χ4n) is 3.22. The van der Waals surface area contributed by atoms with E-state index in [1.807, 2.05) is 20.8 Å². The fraction of sp³-hybridized carbons (Fsp3) is 0.929. The SMILES string of the molecule is CC1CN(CC2CCC(C)(C)C2=O)CC(CO)O1. The van der Waals surface area contributed by atoms with Crippen LogP contribution in [0, 0.1) is 11.3 Å². The van der Waals surface area contributed by atoms with Crippen LogP contribution >= 0.6 is 0 Å². The highest BCUT2D eigenvalue weighted by Crippen LogP contribution is 2.38. The van der Waals surface area contributed by atoms with Crippen molar-refractivity contribution in [3.63, 3.8) is 0 Å². The quantitative estimate of drug-likeness (QED) is 0.819. The summed E-state index contributed by atoms with van der Waals surface area (Å²) in [4.78, 5) is 14.5. The van der Waals surface area contributed by atoms with Gasteiger partial charge in [-0.1, -0.05) is 13.8 Å². The number of aliphatic hydroxyl groups excluding tert-OH is 1. The Morgan fingerprint density at radius 1 is 1.44 bits per heavy atom. The molecule has 2 fully saturated rings. The van der Waals surface area contributed by atoms with Crippen molar-refractivity contribution < 1.29 is 14.6 Å². The molecular formula is C14H25NO3. The summed E-state index contributed by atoms with van der Waals surface area (Å²) in [5.74, 6) is 0.576. The monoisotopic (exact) mass is 255 g/mol. The Morgan fingerprint density at radius 3 is 2.72 bits per heavy atom. The van der Waals surface area contributed by atoms with E-state index in [-0.39, 0.29) is 30.1 Å². The maximum atomic E-state index is 12.2. The van der Waals surface area contributed by atoms with E-state index >= 15 is 0 Å². The lowest BCUT2D eigenvalue weighted by Crippen LogP contribution is -2.49. The normalized spacial score (nSPS) is 37.1. The average Bonchev–Trinajstić information content (AvgIpc) is 2.55. The predicted molar refractivity (Wildman–Crippen MR) is 69.4 cm³/mol. The molecule has 104 valence electrons. The Bertz CT molecular complexity index is 316. The average molecular weight is 255 g/mol.